The number of methoxy groups -OCH3 is 1. The zero-order chi connectivity index (χ0) is 17.5. The second-order valence-electron chi connectivity index (χ2n) is 4.77. The molecule has 0 unspecified atom stereocenters. The van der Waals surface area contributed by atoms with E-state index in [2.05, 4.69) is 15.0 Å². The summed E-state index contributed by atoms with van der Waals surface area (Å²) in [7, 11) is 1.30. The number of benzene rings is 1. The fourth-order valence-electron chi connectivity index (χ4n) is 1.82. The topological polar surface area (TPSA) is 97.5 Å². The van der Waals surface area contributed by atoms with Crippen molar-refractivity contribution in [3.8, 4) is 0 Å². The summed E-state index contributed by atoms with van der Waals surface area (Å²) in [6, 6.07) is 7.99. The maximum absolute atomic E-state index is 11.7. The first kappa shape index (κ1) is 17.6. The van der Waals surface area contributed by atoms with Crippen molar-refractivity contribution in [1.82, 2.24) is 10.3 Å². The first-order chi connectivity index (χ1) is 11.5. The second-order valence-corrected chi connectivity index (χ2v) is 5.21. The Morgan fingerprint density at radius 3 is 2.46 bits per heavy atom. The Bertz CT molecular complexity index is 739. The van der Waals surface area contributed by atoms with Gasteiger partial charge in [-0.1, -0.05) is 23.7 Å². The van der Waals surface area contributed by atoms with E-state index in [1.54, 1.807) is 24.3 Å². The van der Waals surface area contributed by atoms with Gasteiger partial charge in [0.05, 0.1) is 17.7 Å². The lowest BCUT2D eigenvalue weighted by Crippen LogP contribution is -2.28. The molecule has 0 saturated carbocycles. The van der Waals surface area contributed by atoms with Crippen LogP contribution in [0.4, 0.5) is 0 Å². The summed E-state index contributed by atoms with van der Waals surface area (Å²) in [5, 5.41) is 2.98. The molecule has 0 bridgehead atoms. The quantitative estimate of drug-likeness (QED) is 0.776. The molecule has 1 heterocycles. The fraction of sp³-hybridized carbons (Fsp3) is 0.188. The summed E-state index contributed by atoms with van der Waals surface area (Å²) < 4.78 is 9.45. The standard InChI is InChI=1S/C16H15ClN2O5/c1-23-15(21)11-4-2-10(3-5-11)7-19-14(20)9-24-16(22)13-6-12(17)8-18-13/h2-6,8,18H,7,9H2,1H3,(H,19,20). The zero-order valence-electron chi connectivity index (χ0n) is 12.8. The third kappa shape index (κ3) is 4.85. The molecule has 1 aromatic carbocycles. The van der Waals surface area contributed by atoms with Gasteiger partial charge in [0.15, 0.2) is 6.61 Å². The van der Waals surface area contributed by atoms with E-state index in [9.17, 15) is 14.4 Å². The Kier molecular flexibility index (Phi) is 5.97. The van der Waals surface area contributed by atoms with Crippen LogP contribution in [0, 0.1) is 0 Å². The molecule has 0 spiro atoms. The fourth-order valence-corrected chi connectivity index (χ4v) is 1.99. The summed E-state index contributed by atoms with van der Waals surface area (Å²) in [5.74, 6) is -1.54. The van der Waals surface area contributed by atoms with E-state index in [0.717, 1.165) is 5.56 Å². The lowest BCUT2D eigenvalue weighted by atomic mass is 10.1. The molecule has 7 nitrogen and oxygen atoms in total. The third-order valence-corrected chi connectivity index (χ3v) is 3.28. The highest BCUT2D eigenvalue weighted by Crippen LogP contribution is 2.10. The van der Waals surface area contributed by atoms with Crippen LogP contribution in [-0.4, -0.2) is 36.5 Å². The summed E-state index contributed by atoms with van der Waals surface area (Å²) in [4.78, 5) is 37.2. The number of carbonyl (C=O) groups excluding carboxylic acids is 3. The zero-order valence-corrected chi connectivity index (χ0v) is 13.6. The van der Waals surface area contributed by atoms with E-state index < -0.39 is 24.5 Å². The monoisotopic (exact) mass is 350 g/mol. The molecule has 126 valence electrons. The van der Waals surface area contributed by atoms with Gasteiger partial charge in [0.1, 0.15) is 5.69 Å². The van der Waals surface area contributed by atoms with Crippen LogP contribution in [0.5, 0.6) is 0 Å². The van der Waals surface area contributed by atoms with Gasteiger partial charge in [0, 0.05) is 12.7 Å². The number of esters is 2. The summed E-state index contributed by atoms with van der Waals surface area (Å²) >= 11 is 5.68. The largest absolute Gasteiger partial charge is 0.465 e. The van der Waals surface area contributed by atoms with Crippen LogP contribution >= 0.6 is 11.6 Å². The molecule has 0 fully saturated rings. The molecule has 2 rings (SSSR count). The van der Waals surface area contributed by atoms with Crippen LogP contribution in [-0.2, 0) is 20.8 Å². The van der Waals surface area contributed by atoms with E-state index in [1.165, 1.54) is 19.4 Å². The van der Waals surface area contributed by atoms with Gasteiger partial charge >= 0.3 is 11.9 Å². The molecule has 0 aliphatic heterocycles. The first-order valence-corrected chi connectivity index (χ1v) is 7.32. The molecule has 0 aliphatic rings. The normalized spacial score (nSPS) is 10.1. The van der Waals surface area contributed by atoms with Crippen LogP contribution < -0.4 is 5.32 Å². The van der Waals surface area contributed by atoms with Crippen LogP contribution in [0.15, 0.2) is 36.5 Å². The maximum Gasteiger partial charge on any atom is 0.355 e. The van der Waals surface area contributed by atoms with Gasteiger partial charge < -0.3 is 19.8 Å². The number of hydrogen-bond donors (Lipinski definition) is 2. The third-order valence-electron chi connectivity index (χ3n) is 3.07. The number of rotatable bonds is 6. The Morgan fingerprint density at radius 1 is 1.17 bits per heavy atom. The molecule has 1 amide bonds. The van der Waals surface area contributed by atoms with Crippen molar-refractivity contribution < 1.29 is 23.9 Å². The molecular formula is C16H15ClN2O5. The van der Waals surface area contributed by atoms with Crippen LogP contribution in [0.2, 0.25) is 5.02 Å². The molecule has 0 atom stereocenters. The molecule has 0 saturated heterocycles. The number of hydrogen-bond acceptors (Lipinski definition) is 5. The van der Waals surface area contributed by atoms with Crippen molar-refractivity contribution in [3.63, 3.8) is 0 Å². The van der Waals surface area contributed by atoms with E-state index >= 15 is 0 Å². The summed E-state index contributed by atoms with van der Waals surface area (Å²) in [6.45, 7) is -0.165. The van der Waals surface area contributed by atoms with Crippen molar-refractivity contribution in [2.24, 2.45) is 0 Å². The number of halogens is 1. The number of amides is 1. The average Bonchev–Trinajstić information content (AvgIpc) is 3.04. The van der Waals surface area contributed by atoms with Gasteiger partial charge in [-0.15, -0.1) is 0 Å². The lowest BCUT2D eigenvalue weighted by molar-refractivity contribution is -0.124. The van der Waals surface area contributed by atoms with E-state index in [1.807, 2.05) is 0 Å². The minimum absolute atomic E-state index is 0.172. The predicted molar refractivity (Wildman–Crippen MR) is 85.7 cm³/mol. The van der Waals surface area contributed by atoms with Gasteiger partial charge in [-0.25, -0.2) is 9.59 Å². The van der Waals surface area contributed by atoms with Crippen molar-refractivity contribution in [2.45, 2.75) is 6.54 Å². The van der Waals surface area contributed by atoms with E-state index in [-0.39, 0.29) is 12.2 Å². The molecule has 8 heteroatoms. The molecule has 0 aliphatic carbocycles. The number of H-pyrrole nitrogens is 1. The minimum atomic E-state index is -0.667. The van der Waals surface area contributed by atoms with Gasteiger partial charge in [-0.2, -0.15) is 0 Å². The minimum Gasteiger partial charge on any atom is -0.465 e. The number of ether oxygens (including phenoxy) is 2. The van der Waals surface area contributed by atoms with Crippen LogP contribution in [0.1, 0.15) is 26.4 Å². The van der Waals surface area contributed by atoms with Gasteiger partial charge in [0.2, 0.25) is 0 Å². The van der Waals surface area contributed by atoms with E-state index in [4.69, 9.17) is 16.3 Å². The van der Waals surface area contributed by atoms with Crippen molar-refractivity contribution in [2.75, 3.05) is 13.7 Å². The smallest absolute Gasteiger partial charge is 0.355 e. The number of aromatic nitrogens is 1. The summed E-state index contributed by atoms with van der Waals surface area (Å²) in [5.41, 5.74) is 1.38. The SMILES string of the molecule is COC(=O)c1ccc(CNC(=O)COC(=O)c2cc(Cl)c[nH]2)cc1. The van der Waals surface area contributed by atoms with E-state index in [0.29, 0.717) is 10.6 Å². The molecule has 2 aromatic rings. The highest BCUT2D eigenvalue weighted by atomic mass is 35.5. The van der Waals surface area contributed by atoms with Crippen LogP contribution in [0.25, 0.3) is 0 Å². The van der Waals surface area contributed by atoms with Gasteiger partial charge in [-0.05, 0) is 23.8 Å². The Balaban J connectivity index is 1.76. The molecule has 24 heavy (non-hydrogen) atoms. The molecule has 0 radical (unpaired) electrons. The Morgan fingerprint density at radius 2 is 1.88 bits per heavy atom. The van der Waals surface area contributed by atoms with Gasteiger partial charge in [0.25, 0.3) is 5.91 Å². The molecular weight excluding hydrogens is 336 g/mol. The second kappa shape index (κ2) is 8.16. The number of nitrogens with one attached hydrogen (secondary N) is 2. The number of carbonyl (C=O) groups is 3. The van der Waals surface area contributed by atoms with Crippen LogP contribution in [0.3, 0.4) is 0 Å². The highest BCUT2D eigenvalue weighted by Gasteiger charge is 2.12. The maximum atomic E-state index is 11.7. The lowest BCUT2D eigenvalue weighted by Gasteiger charge is -2.07. The average molecular weight is 351 g/mol. The van der Waals surface area contributed by atoms with Crippen molar-refractivity contribution in [3.05, 3.63) is 58.4 Å². The van der Waals surface area contributed by atoms with Crippen molar-refractivity contribution >= 4 is 29.4 Å². The summed E-state index contributed by atoms with van der Waals surface area (Å²) in [6.07, 6.45) is 1.44. The molecule has 2 N–H and O–H groups in total. The Labute approximate surface area is 142 Å². The van der Waals surface area contributed by atoms with Gasteiger partial charge in [-0.3, -0.25) is 4.79 Å². The first-order valence-electron chi connectivity index (χ1n) is 6.94. The number of aromatic amines is 1. The highest BCUT2D eigenvalue weighted by molar-refractivity contribution is 6.30. The predicted octanol–water partition coefficient (Wildman–Crippen LogP) is 1.93. The molecule has 1 aromatic heterocycles. The Hall–Kier alpha value is -2.80. The van der Waals surface area contributed by atoms with Crippen molar-refractivity contribution in [1.29, 1.82) is 0 Å².